The highest BCUT2D eigenvalue weighted by Gasteiger charge is 2.12. The highest BCUT2D eigenvalue weighted by Crippen LogP contribution is 2.29. The normalized spacial score (nSPS) is 11.4. The van der Waals surface area contributed by atoms with Crippen LogP contribution in [0.4, 0.5) is 0 Å². The lowest BCUT2D eigenvalue weighted by atomic mass is 10.1. The van der Waals surface area contributed by atoms with Gasteiger partial charge in [-0.1, -0.05) is 12.1 Å². The van der Waals surface area contributed by atoms with Gasteiger partial charge in [-0.25, -0.2) is 0 Å². The Hall–Kier alpha value is -0.810. The molecule has 0 bridgehead atoms. The third-order valence-corrected chi connectivity index (χ3v) is 4.80. The highest BCUT2D eigenvalue weighted by atomic mass is 127. The van der Waals surface area contributed by atoms with E-state index in [-0.39, 0.29) is 0 Å². The Labute approximate surface area is 129 Å². The summed E-state index contributed by atoms with van der Waals surface area (Å²) in [7, 11) is 4.25. The summed E-state index contributed by atoms with van der Waals surface area (Å²) < 4.78 is 3.68. The zero-order valence-corrected chi connectivity index (χ0v) is 14.1. The van der Waals surface area contributed by atoms with Crippen molar-refractivity contribution in [3.63, 3.8) is 0 Å². The van der Waals surface area contributed by atoms with Gasteiger partial charge in [-0.2, -0.15) is 0 Å². The summed E-state index contributed by atoms with van der Waals surface area (Å²) in [5.41, 5.74) is 4.12. The van der Waals surface area contributed by atoms with Crippen molar-refractivity contribution in [2.24, 2.45) is 0 Å². The molecule has 0 aliphatic rings. The van der Waals surface area contributed by atoms with Crippen molar-refractivity contribution in [3.8, 4) is 0 Å². The number of halogens is 1. The van der Waals surface area contributed by atoms with Gasteiger partial charge in [-0.3, -0.25) is 0 Å². The summed E-state index contributed by atoms with van der Waals surface area (Å²) in [5.74, 6) is 0. The van der Waals surface area contributed by atoms with Gasteiger partial charge in [0.2, 0.25) is 0 Å². The van der Waals surface area contributed by atoms with E-state index in [2.05, 4.69) is 78.0 Å². The van der Waals surface area contributed by atoms with Crippen molar-refractivity contribution >= 4 is 33.5 Å². The van der Waals surface area contributed by atoms with Crippen molar-refractivity contribution in [3.05, 3.63) is 45.7 Å². The number of hydrogen-bond donors (Lipinski definition) is 0. The van der Waals surface area contributed by atoms with E-state index < -0.39 is 0 Å². The zero-order chi connectivity index (χ0) is 14.0. The predicted molar refractivity (Wildman–Crippen MR) is 91.8 cm³/mol. The molecule has 0 spiro atoms. The average molecular weight is 368 g/mol. The maximum absolute atomic E-state index is 3.86. The molecule has 0 atom stereocenters. The van der Waals surface area contributed by atoms with Gasteiger partial charge < -0.3 is 9.47 Å². The second-order valence-corrected chi connectivity index (χ2v) is 6.32. The SMILES string of the molecule is C=CCn1cc(CCN(C)C)c2c(I)c(C)ccc21. The van der Waals surface area contributed by atoms with E-state index in [4.69, 9.17) is 0 Å². The summed E-state index contributed by atoms with van der Waals surface area (Å²) in [4.78, 5) is 2.24. The van der Waals surface area contributed by atoms with Gasteiger partial charge in [0.25, 0.3) is 0 Å². The van der Waals surface area contributed by atoms with Crippen molar-refractivity contribution < 1.29 is 0 Å². The largest absolute Gasteiger partial charge is 0.343 e. The Morgan fingerprint density at radius 3 is 2.74 bits per heavy atom. The van der Waals surface area contributed by atoms with E-state index >= 15 is 0 Å². The van der Waals surface area contributed by atoms with Crippen molar-refractivity contribution in [2.45, 2.75) is 19.9 Å². The molecule has 19 heavy (non-hydrogen) atoms. The van der Waals surface area contributed by atoms with Crippen LogP contribution in [-0.4, -0.2) is 30.1 Å². The first kappa shape index (κ1) is 14.6. The molecule has 0 saturated heterocycles. The number of nitrogens with zero attached hydrogens (tertiary/aromatic N) is 2. The summed E-state index contributed by atoms with van der Waals surface area (Å²) in [6, 6.07) is 4.44. The molecule has 0 saturated carbocycles. The molecule has 2 rings (SSSR count). The van der Waals surface area contributed by atoms with Crippen LogP contribution in [0.15, 0.2) is 31.0 Å². The molecule has 1 aromatic carbocycles. The third kappa shape index (κ3) is 3.03. The van der Waals surface area contributed by atoms with Gasteiger partial charge in [-0.15, -0.1) is 6.58 Å². The van der Waals surface area contributed by atoms with Crippen LogP contribution >= 0.6 is 22.6 Å². The zero-order valence-electron chi connectivity index (χ0n) is 11.9. The Balaban J connectivity index is 2.55. The topological polar surface area (TPSA) is 8.17 Å². The van der Waals surface area contributed by atoms with Crippen LogP contribution in [-0.2, 0) is 13.0 Å². The monoisotopic (exact) mass is 368 g/mol. The Kier molecular flexibility index (Phi) is 4.68. The Morgan fingerprint density at radius 2 is 2.11 bits per heavy atom. The van der Waals surface area contributed by atoms with Gasteiger partial charge in [0.1, 0.15) is 0 Å². The van der Waals surface area contributed by atoms with E-state index in [0.29, 0.717) is 0 Å². The van der Waals surface area contributed by atoms with Gasteiger partial charge in [-0.05, 0) is 67.2 Å². The van der Waals surface area contributed by atoms with Gasteiger partial charge in [0, 0.05) is 33.8 Å². The Bertz CT molecular complexity index is 596. The smallest absolute Gasteiger partial charge is 0.0497 e. The number of aromatic nitrogens is 1. The van der Waals surface area contributed by atoms with Crippen LogP contribution in [0.3, 0.4) is 0 Å². The first-order valence-electron chi connectivity index (χ1n) is 6.57. The molecular weight excluding hydrogens is 347 g/mol. The molecule has 0 radical (unpaired) electrons. The molecule has 2 nitrogen and oxygen atoms in total. The van der Waals surface area contributed by atoms with Crippen LogP contribution in [0.25, 0.3) is 10.9 Å². The molecule has 0 aliphatic carbocycles. The molecule has 1 aromatic heterocycles. The molecule has 3 heteroatoms. The standard InChI is InChI=1S/C16H21IN2/c1-5-9-19-11-13(8-10-18(3)4)15-14(19)7-6-12(2)16(15)17/h5-7,11H,1,8-10H2,2-4H3. The van der Waals surface area contributed by atoms with E-state index in [1.54, 1.807) is 0 Å². The quantitative estimate of drug-likeness (QED) is 0.575. The van der Waals surface area contributed by atoms with E-state index in [1.165, 1.54) is 25.6 Å². The molecule has 0 amide bonds. The summed E-state index contributed by atoms with van der Waals surface area (Å²) >= 11 is 2.47. The molecule has 0 N–H and O–H groups in total. The van der Waals surface area contributed by atoms with Crippen LogP contribution in [0, 0.1) is 10.5 Å². The number of likely N-dealkylation sites (N-methyl/N-ethyl adjacent to an activating group) is 1. The summed E-state index contributed by atoms with van der Waals surface area (Å²) in [6.45, 7) is 7.99. The van der Waals surface area contributed by atoms with Gasteiger partial charge >= 0.3 is 0 Å². The number of benzene rings is 1. The molecule has 0 aliphatic heterocycles. The highest BCUT2D eigenvalue weighted by molar-refractivity contribution is 14.1. The van der Waals surface area contributed by atoms with Crippen molar-refractivity contribution in [1.29, 1.82) is 0 Å². The van der Waals surface area contributed by atoms with Gasteiger partial charge in [0.15, 0.2) is 0 Å². The molecule has 1 heterocycles. The lowest BCUT2D eigenvalue weighted by molar-refractivity contribution is 0.414. The van der Waals surface area contributed by atoms with Crippen LogP contribution in [0.5, 0.6) is 0 Å². The predicted octanol–water partition coefficient (Wildman–Crippen LogP) is 3.84. The maximum Gasteiger partial charge on any atom is 0.0497 e. The minimum absolute atomic E-state index is 0.873. The van der Waals surface area contributed by atoms with Crippen LogP contribution in [0.2, 0.25) is 0 Å². The minimum Gasteiger partial charge on any atom is -0.343 e. The molecule has 2 aromatic rings. The fourth-order valence-corrected chi connectivity index (χ4v) is 3.16. The van der Waals surface area contributed by atoms with Crippen LogP contribution < -0.4 is 0 Å². The third-order valence-electron chi connectivity index (χ3n) is 3.41. The molecular formula is C16H21IN2. The van der Waals surface area contributed by atoms with Crippen molar-refractivity contribution in [1.82, 2.24) is 9.47 Å². The minimum atomic E-state index is 0.873. The van der Waals surface area contributed by atoms with Crippen molar-refractivity contribution in [2.75, 3.05) is 20.6 Å². The molecule has 102 valence electrons. The number of rotatable bonds is 5. The fraction of sp³-hybridized carbons (Fsp3) is 0.375. The number of aryl methyl sites for hydroxylation is 1. The maximum atomic E-state index is 3.86. The van der Waals surface area contributed by atoms with Gasteiger partial charge in [0.05, 0.1) is 0 Å². The van der Waals surface area contributed by atoms with E-state index in [1.807, 2.05) is 6.08 Å². The van der Waals surface area contributed by atoms with Crippen LogP contribution in [0.1, 0.15) is 11.1 Å². The molecule has 0 fully saturated rings. The second kappa shape index (κ2) is 6.09. The summed E-state index contributed by atoms with van der Waals surface area (Å²) in [6.07, 6.45) is 5.34. The first-order valence-corrected chi connectivity index (χ1v) is 7.65. The molecule has 0 unspecified atom stereocenters. The lowest BCUT2D eigenvalue weighted by Gasteiger charge is -2.09. The summed E-state index contributed by atoms with van der Waals surface area (Å²) in [5, 5.41) is 1.42. The van der Waals surface area contributed by atoms with E-state index in [9.17, 15) is 0 Å². The number of hydrogen-bond acceptors (Lipinski definition) is 1. The second-order valence-electron chi connectivity index (χ2n) is 5.24. The Morgan fingerprint density at radius 1 is 1.37 bits per heavy atom. The fourth-order valence-electron chi connectivity index (χ4n) is 2.36. The first-order chi connectivity index (χ1) is 9.04. The number of fused-ring (bicyclic) bond motifs is 1. The van der Waals surface area contributed by atoms with E-state index in [0.717, 1.165) is 19.5 Å². The average Bonchev–Trinajstić information content (AvgIpc) is 2.71. The number of allylic oxidation sites excluding steroid dienone is 1. The lowest BCUT2D eigenvalue weighted by Crippen LogP contribution is -2.15.